The molecule has 0 radical (unpaired) electrons. The number of anilines is 1. The molecule has 140 valence electrons. The van der Waals surface area contributed by atoms with Crippen molar-refractivity contribution in [2.75, 3.05) is 18.4 Å². The number of amides is 2. The lowest BCUT2D eigenvalue weighted by Crippen LogP contribution is -2.40. The van der Waals surface area contributed by atoms with E-state index in [0.29, 0.717) is 13.0 Å². The van der Waals surface area contributed by atoms with E-state index in [9.17, 15) is 9.59 Å². The lowest BCUT2D eigenvalue weighted by Gasteiger charge is -2.35. The zero-order valence-corrected chi connectivity index (χ0v) is 17.0. The second kappa shape index (κ2) is 10.1. The number of nitrogens with two attached hydrogens (primary N) is 1. The monoisotopic (exact) mass is 431 g/mol. The van der Waals surface area contributed by atoms with Crippen molar-refractivity contribution in [1.82, 2.24) is 5.32 Å². The van der Waals surface area contributed by atoms with Gasteiger partial charge in [0.1, 0.15) is 0 Å². The maximum atomic E-state index is 12.2. The maximum absolute atomic E-state index is 12.2. The molecule has 0 saturated heterocycles. The molecule has 0 atom stereocenters. The first-order valence-corrected chi connectivity index (χ1v) is 9.26. The van der Waals surface area contributed by atoms with E-state index < -0.39 is 0 Å². The van der Waals surface area contributed by atoms with E-state index in [1.54, 1.807) is 0 Å². The van der Waals surface area contributed by atoms with Crippen LogP contribution in [0.5, 0.6) is 0 Å². The summed E-state index contributed by atoms with van der Waals surface area (Å²) in [4.78, 5) is 24.3. The third kappa shape index (κ3) is 6.60. The van der Waals surface area contributed by atoms with Crippen molar-refractivity contribution in [3.8, 4) is 0 Å². The van der Waals surface area contributed by atoms with Crippen molar-refractivity contribution in [2.24, 2.45) is 11.1 Å². The number of nitrogens with one attached hydrogen (secondary N) is 2. The summed E-state index contributed by atoms with van der Waals surface area (Å²) in [6.45, 7) is 2.43. The van der Waals surface area contributed by atoms with Crippen molar-refractivity contribution in [2.45, 2.75) is 45.4 Å². The highest BCUT2D eigenvalue weighted by atomic mass is 79.9. The molecule has 4 N–H and O–H groups in total. The molecule has 0 spiro atoms. The summed E-state index contributed by atoms with van der Waals surface area (Å²) in [6.07, 6.45) is 5.89. The summed E-state index contributed by atoms with van der Waals surface area (Å²) in [7, 11) is 0. The number of benzene rings is 1. The molecular weight excluding hydrogens is 406 g/mol. The Kier molecular flexibility index (Phi) is 8.89. The molecule has 2 amide bonds. The standard InChI is InChI=1S/C18H26BrN3O2.ClH/c1-13-5-6-14(19)9-15(13)22-17(24)11-21-16(23)10-18(12-20)7-3-2-4-8-18;/h5-6,9H,2-4,7-8,10-12,20H2,1H3,(H,21,23)(H,22,24);1H. The van der Waals surface area contributed by atoms with Gasteiger partial charge >= 0.3 is 0 Å². The first kappa shape index (κ1) is 21.9. The normalized spacial score (nSPS) is 15.8. The van der Waals surface area contributed by atoms with Crippen LogP contribution in [0.4, 0.5) is 5.69 Å². The van der Waals surface area contributed by atoms with Crippen LogP contribution in [0, 0.1) is 12.3 Å². The van der Waals surface area contributed by atoms with Gasteiger partial charge in [0.25, 0.3) is 0 Å². The summed E-state index contributed by atoms with van der Waals surface area (Å²) in [6, 6.07) is 5.69. The number of carbonyl (C=O) groups excluding carboxylic acids is 2. The topological polar surface area (TPSA) is 84.2 Å². The summed E-state index contributed by atoms with van der Waals surface area (Å²) < 4.78 is 0.898. The van der Waals surface area contributed by atoms with E-state index in [2.05, 4.69) is 26.6 Å². The molecule has 25 heavy (non-hydrogen) atoms. The Bertz CT molecular complexity index is 604. The Morgan fingerprint density at radius 1 is 1.20 bits per heavy atom. The predicted octanol–water partition coefficient (Wildman–Crippen LogP) is 3.53. The first-order valence-electron chi connectivity index (χ1n) is 8.47. The van der Waals surface area contributed by atoms with Crippen LogP contribution in [0.2, 0.25) is 0 Å². The van der Waals surface area contributed by atoms with Gasteiger partial charge in [0.15, 0.2) is 0 Å². The van der Waals surface area contributed by atoms with Crippen LogP contribution in [0.1, 0.15) is 44.1 Å². The Hall–Kier alpha value is -1.11. The van der Waals surface area contributed by atoms with E-state index in [1.165, 1.54) is 6.42 Å². The minimum Gasteiger partial charge on any atom is -0.347 e. The van der Waals surface area contributed by atoms with Crippen LogP contribution in [0.3, 0.4) is 0 Å². The molecule has 1 aromatic carbocycles. The number of hydrogen-bond acceptors (Lipinski definition) is 3. The fraction of sp³-hybridized carbons (Fsp3) is 0.556. The van der Waals surface area contributed by atoms with Gasteiger partial charge in [0, 0.05) is 16.6 Å². The minimum absolute atomic E-state index is 0. The Labute approximate surface area is 164 Å². The van der Waals surface area contributed by atoms with Gasteiger partial charge in [-0.2, -0.15) is 0 Å². The molecule has 7 heteroatoms. The molecule has 0 aromatic heterocycles. The average molecular weight is 433 g/mol. The van der Waals surface area contributed by atoms with Crippen molar-refractivity contribution in [1.29, 1.82) is 0 Å². The first-order chi connectivity index (χ1) is 11.4. The highest BCUT2D eigenvalue weighted by molar-refractivity contribution is 9.10. The second-order valence-electron chi connectivity index (χ2n) is 6.73. The van der Waals surface area contributed by atoms with E-state index in [4.69, 9.17) is 5.73 Å². The van der Waals surface area contributed by atoms with Gasteiger partial charge in [-0.05, 0) is 49.4 Å². The number of aryl methyl sites for hydroxylation is 1. The molecule has 1 aromatic rings. The third-order valence-corrected chi connectivity index (χ3v) is 5.30. The molecule has 1 aliphatic rings. The second-order valence-corrected chi connectivity index (χ2v) is 7.64. The summed E-state index contributed by atoms with van der Waals surface area (Å²) in [5.74, 6) is -0.321. The van der Waals surface area contributed by atoms with Crippen molar-refractivity contribution in [3.63, 3.8) is 0 Å². The summed E-state index contributed by atoms with van der Waals surface area (Å²) in [5.41, 5.74) is 7.55. The van der Waals surface area contributed by atoms with Gasteiger partial charge in [-0.25, -0.2) is 0 Å². The summed E-state index contributed by atoms with van der Waals surface area (Å²) in [5, 5.41) is 5.55. The molecular formula is C18H27BrClN3O2. The van der Waals surface area contributed by atoms with E-state index >= 15 is 0 Å². The van der Waals surface area contributed by atoms with Gasteiger partial charge in [-0.3, -0.25) is 9.59 Å². The number of carbonyl (C=O) groups is 2. The van der Waals surface area contributed by atoms with Gasteiger partial charge in [-0.1, -0.05) is 41.3 Å². The molecule has 0 unspecified atom stereocenters. The van der Waals surface area contributed by atoms with Crippen LogP contribution in [0.15, 0.2) is 22.7 Å². The van der Waals surface area contributed by atoms with Gasteiger partial charge < -0.3 is 16.4 Å². The number of rotatable bonds is 6. The molecule has 1 fully saturated rings. The Balaban J connectivity index is 0.00000312. The molecule has 2 rings (SSSR count). The largest absolute Gasteiger partial charge is 0.347 e. The van der Waals surface area contributed by atoms with Crippen molar-refractivity contribution >= 4 is 45.8 Å². The fourth-order valence-electron chi connectivity index (χ4n) is 3.26. The highest BCUT2D eigenvalue weighted by Gasteiger charge is 2.32. The molecule has 0 heterocycles. The molecule has 0 aliphatic heterocycles. The van der Waals surface area contributed by atoms with Crippen LogP contribution >= 0.6 is 28.3 Å². The summed E-state index contributed by atoms with van der Waals surface area (Å²) >= 11 is 3.38. The average Bonchev–Trinajstić information content (AvgIpc) is 2.57. The number of hydrogen-bond donors (Lipinski definition) is 3. The van der Waals surface area contributed by atoms with E-state index in [0.717, 1.165) is 41.4 Å². The van der Waals surface area contributed by atoms with Crippen LogP contribution in [-0.4, -0.2) is 24.9 Å². The maximum Gasteiger partial charge on any atom is 0.243 e. The Morgan fingerprint density at radius 3 is 2.52 bits per heavy atom. The zero-order chi connectivity index (χ0) is 17.6. The zero-order valence-electron chi connectivity index (χ0n) is 14.6. The molecule has 5 nitrogen and oxygen atoms in total. The quantitative estimate of drug-likeness (QED) is 0.643. The Morgan fingerprint density at radius 2 is 1.88 bits per heavy atom. The molecule has 1 saturated carbocycles. The predicted molar refractivity (Wildman–Crippen MR) is 107 cm³/mol. The highest BCUT2D eigenvalue weighted by Crippen LogP contribution is 2.38. The van der Waals surface area contributed by atoms with Gasteiger partial charge in [-0.15, -0.1) is 12.4 Å². The number of halogens is 2. The van der Waals surface area contributed by atoms with E-state index in [1.807, 2.05) is 25.1 Å². The fourth-order valence-corrected chi connectivity index (χ4v) is 3.62. The van der Waals surface area contributed by atoms with E-state index in [-0.39, 0.29) is 36.2 Å². The minimum atomic E-state index is -0.227. The molecule has 1 aliphatic carbocycles. The molecule has 0 bridgehead atoms. The van der Waals surface area contributed by atoms with Crippen LogP contribution in [-0.2, 0) is 9.59 Å². The van der Waals surface area contributed by atoms with Crippen molar-refractivity contribution in [3.05, 3.63) is 28.2 Å². The lowest BCUT2D eigenvalue weighted by molar-refractivity contribution is -0.126. The van der Waals surface area contributed by atoms with Gasteiger partial charge in [0.05, 0.1) is 6.54 Å². The third-order valence-electron chi connectivity index (χ3n) is 4.80. The van der Waals surface area contributed by atoms with Crippen LogP contribution < -0.4 is 16.4 Å². The van der Waals surface area contributed by atoms with Crippen LogP contribution in [0.25, 0.3) is 0 Å². The SMILES string of the molecule is Cc1ccc(Br)cc1NC(=O)CNC(=O)CC1(CN)CCCCC1.Cl. The van der Waals surface area contributed by atoms with Gasteiger partial charge in [0.2, 0.25) is 11.8 Å². The lowest BCUT2D eigenvalue weighted by atomic mass is 9.71. The van der Waals surface area contributed by atoms with Crippen molar-refractivity contribution < 1.29 is 9.59 Å². The smallest absolute Gasteiger partial charge is 0.243 e.